The fourth-order valence-electron chi connectivity index (χ4n) is 3.03. The van der Waals surface area contributed by atoms with Crippen LogP contribution in [0.5, 0.6) is 0 Å². The highest BCUT2D eigenvalue weighted by molar-refractivity contribution is 6.07. The summed E-state index contributed by atoms with van der Waals surface area (Å²) in [6.07, 6.45) is 1.64. The number of anilines is 1. The van der Waals surface area contributed by atoms with E-state index in [1.54, 1.807) is 36.2 Å². The van der Waals surface area contributed by atoms with Gasteiger partial charge < -0.3 is 15.5 Å². The molecule has 2 aromatic carbocycles. The van der Waals surface area contributed by atoms with Gasteiger partial charge in [-0.15, -0.1) is 12.4 Å². The van der Waals surface area contributed by atoms with Gasteiger partial charge in [-0.3, -0.25) is 9.59 Å². The molecule has 0 saturated carbocycles. The number of hydrogen-bond donors (Lipinski definition) is 1. The highest BCUT2D eigenvalue weighted by Gasteiger charge is 2.22. The second-order valence-corrected chi connectivity index (χ2v) is 6.41. The van der Waals surface area contributed by atoms with E-state index in [0.717, 1.165) is 18.5 Å². The van der Waals surface area contributed by atoms with Crippen LogP contribution >= 0.6 is 12.4 Å². The van der Waals surface area contributed by atoms with Crippen molar-refractivity contribution in [3.05, 3.63) is 65.7 Å². The quantitative estimate of drug-likeness (QED) is 0.899. The minimum atomic E-state index is -0.137. The lowest BCUT2D eigenvalue weighted by atomic mass is 10.0. The van der Waals surface area contributed by atoms with Gasteiger partial charge in [0.1, 0.15) is 0 Å². The summed E-state index contributed by atoms with van der Waals surface area (Å²) in [6.45, 7) is 1.34. The lowest BCUT2D eigenvalue weighted by molar-refractivity contribution is 0.0714. The second kappa shape index (κ2) is 8.83. The van der Waals surface area contributed by atoms with Crippen molar-refractivity contribution in [3.8, 4) is 0 Å². The number of amides is 2. The van der Waals surface area contributed by atoms with Crippen molar-refractivity contribution in [2.24, 2.45) is 5.73 Å². The third-order valence-electron chi connectivity index (χ3n) is 4.63. The summed E-state index contributed by atoms with van der Waals surface area (Å²) in [7, 11) is 1.73. The summed E-state index contributed by atoms with van der Waals surface area (Å²) in [4.78, 5) is 28.8. The highest BCUT2D eigenvalue weighted by atomic mass is 35.5. The molecular formula is C20H24ClN3O2. The van der Waals surface area contributed by atoms with Gasteiger partial charge in [0.25, 0.3) is 11.8 Å². The Morgan fingerprint density at radius 1 is 1.00 bits per heavy atom. The molecule has 1 fully saturated rings. The molecule has 0 aromatic heterocycles. The molecule has 0 unspecified atom stereocenters. The first-order valence-corrected chi connectivity index (χ1v) is 8.54. The monoisotopic (exact) mass is 373 g/mol. The predicted molar refractivity (Wildman–Crippen MR) is 106 cm³/mol. The number of rotatable bonds is 3. The summed E-state index contributed by atoms with van der Waals surface area (Å²) in [5.74, 6) is -0.176. The topological polar surface area (TPSA) is 66.6 Å². The molecule has 2 amide bonds. The average Bonchev–Trinajstić information content (AvgIpc) is 2.67. The van der Waals surface area contributed by atoms with Gasteiger partial charge in [0.2, 0.25) is 0 Å². The first kappa shape index (κ1) is 19.9. The van der Waals surface area contributed by atoms with Gasteiger partial charge in [0, 0.05) is 43.0 Å². The number of piperidine rings is 1. The zero-order chi connectivity index (χ0) is 17.8. The van der Waals surface area contributed by atoms with Crippen LogP contribution in [0, 0.1) is 0 Å². The molecule has 2 aromatic rings. The first-order valence-electron chi connectivity index (χ1n) is 8.54. The maximum absolute atomic E-state index is 12.7. The van der Waals surface area contributed by atoms with Crippen molar-refractivity contribution in [2.45, 2.75) is 18.9 Å². The van der Waals surface area contributed by atoms with E-state index >= 15 is 0 Å². The Labute approximate surface area is 160 Å². The molecule has 1 aliphatic heterocycles. The molecule has 138 valence electrons. The molecule has 0 aliphatic carbocycles. The minimum Gasteiger partial charge on any atom is -0.339 e. The number of hydrogen-bond acceptors (Lipinski definition) is 3. The molecule has 1 aliphatic rings. The molecule has 1 saturated heterocycles. The largest absolute Gasteiger partial charge is 0.339 e. The molecule has 1 heterocycles. The smallest absolute Gasteiger partial charge is 0.258 e. The molecule has 26 heavy (non-hydrogen) atoms. The van der Waals surface area contributed by atoms with E-state index in [0.29, 0.717) is 24.2 Å². The third kappa shape index (κ3) is 4.42. The predicted octanol–water partition coefficient (Wildman–Crippen LogP) is 2.95. The maximum Gasteiger partial charge on any atom is 0.258 e. The summed E-state index contributed by atoms with van der Waals surface area (Å²) < 4.78 is 0. The molecule has 2 N–H and O–H groups in total. The van der Waals surface area contributed by atoms with Crippen LogP contribution in [0.15, 0.2) is 54.6 Å². The van der Waals surface area contributed by atoms with E-state index in [1.807, 2.05) is 35.2 Å². The molecule has 0 bridgehead atoms. The Kier molecular flexibility index (Phi) is 6.77. The van der Waals surface area contributed by atoms with E-state index in [1.165, 1.54) is 0 Å². The van der Waals surface area contributed by atoms with E-state index < -0.39 is 0 Å². The molecule has 0 radical (unpaired) electrons. The van der Waals surface area contributed by atoms with Gasteiger partial charge in [-0.2, -0.15) is 0 Å². The van der Waals surface area contributed by atoms with Crippen LogP contribution in [-0.4, -0.2) is 42.9 Å². The lowest BCUT2D eigenvalue weighted by Gasteiger charge is -2.30. The summed E-state index contributed by atoms with van der Waals surface area (Å²) in [6, 6.07) is 16.6. The Hall–Kier alpha value is -2.37. The maximum atomic E-state index is 12.7. The number of likely N-dealkylation sites (tertiary alicyclic amines) is 1. The molecule has 0 atom stereocenters. The summed E-state index contributed by atoms with van der Waals surface area (Å²) in [5.41, 5.74) is 7.76. The Morgan fingerprint density at radius 3 is 2.27 bits per heavy atom. The van der Waals surface area contributed by atoms with Crippen molar-refractivity contribution in [1.29, 1.82) is 0 Å². The first-order chi connectivity index (χ1) is 12.1. The van der Waals surface area contributed by atoms with Crippen LogP contribution < -0.4 is 10.6 Å². The molecular weight excluding hydrogens is 350 g/mol. The summed E-state index contributed by atoms with van der Waals surface area (Å²) in [5, 5.41) is 0. The molecule has 6 heteroatoms. The van der Waals surface area contributed by atoms with Crippen LogP contribution in [0.2, 0.25) is 0 Å². The number of carbonyl (C=O) groups excluding carboxylic acids is 2. The number of nitrogens with zero attached hydrogens (tertiary/aromatic N) is 2. The number of carbonyl (C=O) groups is 2. The van der Waals surface area contributed by atoms with Crippen LogP contribution in [0.1, 0.15) is 33.6 Å². The van der Waals surface area contributed by atoms with E-state index in [-0.39, 0.29) is 30.3 Å². The second-order valence-electron chi connectivity index (χ2n) is 6.41. The fraction of sp³-hybridized carbons (Fsp3) is 0.300. The number of nitrogens with two attached hydrogens (primary N) is 1. The lowest BCUT2D eigenvalue weighted by Crippen LogP contribution is -2.42. The standard InChI is InChI=1S/C20H23N3O2.ClH/c1-22(18-8-3-2-4-9-18)19(24)15-6-5-7-16(14-15)20(25)23-12-10-17(21)11-13-23;/h2-9,14,17H,10-13,21H2,1H3;1H. The van der Waals surface area contributed by atoms with Crippen LogP contribution in [0.4, 0.5) is 5.69 Å². The highest BCUT2D eigenvalue weighted by Crippen LogP contribution is 2.17. The minimum absolute atomic E-state index is 0. The fourth-order valence-corrected chi connectivity index (χ4v) is 3.03. The van der Waals surface area contributed by atoms with Crippen molar-refractivity contribution in [1.82, 2.24) is 4.90 Å². The van der Waals surface area contributed by atoms with E-state index in [2.05, 4.69) is 0 Å². The van der Waals surface area contributed by atoms with Gasteiger partial charge in [-0.1, -0.05) is 24.3 Å². The van der Waals surface area contributed by atoms with Crippen molar-refractivity contribution in [2.75, 3.05) is 25.0 Å². The number of para-hydroxylation sites is 1. The zero-order valence-electron chi connectivity index (χ0n) is 14.8. The molecule has 5 nitrogen and oxygen atoms in total. The van der Waals surface area contributed by atoms with E-state index in [4.69, 9.17) is 5.73 Å². The van der Waals surface area contributed by atoms with Crippen LogP contribution in [0.3, 0.4) is 0 Å². The normalized spacial score (nSPS) is 14.5. The SMILES string of the molecule is CN(C(=O)c1cccc(C(=O)N2CCC(N)CC2)c1)c1ccccc1.Cl. The van der Waals surface area contributed by atoms with Crippen LogP contribution in [-0.2, 0) is 0 Å². The molecule has 0 spiro atoms. The van der Waals surface area contributed by atoms with Gasteiger partial charge in [0.05, 0.1) is 0 Å². The van der Waals surface area contributed by atoms with E-state index in [9.17, 15) is 9.59 Å². The van der Waals surface area contributed by atoms with Gasteiger partial charge in [-0.25, -0.2) is 0 Å². The van der Waals surface area contributed by atoms with Gasteiger partial charge in [0.15, 0.2) is 0 Å². The number of halogens is 1. The zero-order valence-corrected chi connectivity index (χ0v) is 15.6. The Morgan fingerprint density at radius 2 is 1.62 bits per heavy atom. The van der Waals surface area contributed by atoms with Crippen molar-refractivity contribution in [3.63, 3.8) is 0 Å². The Balaban J connectivity index is 0.00000243. The van der Waals surface area contributed by atoms with Gasteiger partial charge in [-0.05, 0) is 43.2 Å². The molecule has 3 rings (SSSR count). The Bertz CT molecular complexity index is 759. The van der Waals surface area contributed by atoms with Gasteiger partial charge >= 0.3 is 0 Å². The van der Waals surface area contributed by atoms with Crippen LogP contribution in [0.25, 0.3) is 0 Å². The van der Waals surface area contributed by atoms with Crippen molar-refractivity contribution >= 4 is 29.9 Å². The van der Waals surface area contributed by atoms with Crippen molar-refractivity contribution < 1.29 is 9.59 Å². The third-order valence-corrected chi connectivity index (χ3v) is 4.63. The number of benzene rings is 2. The summed E-state index contributed by atoms with van der Waals surface area (Å²) >= 11 is 0. The average molecular weight is 374 g/mol.